The molecule has 0 unspecified atom stereocenters. The molecule has 1 aromatic carbocycles. The van der Waals surface area contributed by atoms with E-state index in [1.807, 2.05) is 27.7 Å². The molecule has 2 nitrogen and oxygen atoms in total. The third-order valence-electron chi connectivity index (χ3n) is 3.40. The molecule has 0 radical (unpaired) electrons. The second kappa shape index (κ2) is 7.27. The van der Waals surface area contributed by atoms with E-state index in [-0.39, 0.29) is 17.8 Å². The van der Waals surface area contributed by atoms with E-state index in [0.717, 1.165) is 24.8 Å². The van der Waals surface area contributed by atoms with Gasteiger partial charge in [0.1, 0.15) is 5.82 Å². The molecular formula is C16H24FNO. The third kappa shape index (κ3) is 3.79. The van der Waals surface area contributed by atoms with Crippen molar-refractivity contribution in [2.24, 2.45) is 0 Å². The second-order valence-electron chi connectivity index (χ2n) is 4.94. The van der Waals surface area contributed by atoms with E-state index in [1.54, 1.807) is 17.0 Å². The maximum atomic E-state index is 14.1. The van der Waals surface area contributed by atoms with Gasteiger partial charge in [0.25, 0.3) is 0 Å². The van der Waals surface area contributed by atoms with Crippen LogP contribution in [0.1, 0.15) is 52.0 Å². The summed E-state index contributed by atoms with van der Waals surface area (Å²) in [6.45, 7) is 7.95. The zero-order valence-electron chi connectivity index (χ0n) is 12.4. The molecule has 0 fully saturated rings. The minimum Gasteiger partial charge on any atom is -0.307 e. The van der Waals surface area contributed by atoms with Gasteiger partial charge in [0.2, 0.25) is 5.91 Å². The Bertz CT molecular complexity index is 427. The van der Waals surface area contributed by atoms with E-state index >= 15 is 0 Å². The summed E-state index contributed by atoms with van der Waals surface area (Å²) in [5.41, 5.74) is 1.39. The molecule has 0 atom stereocenters. The molecule has 0 spiro atoms. The van der Waals surface area contributed by atoms with Crippen molar-refractivity contribution in [2.45, 2.75) is 59.4 Å². The number of amides is 1. The van der Waals surface area contributed by atoms with Crippen LogP contribution in [0, 0.1) is 12.7 Å². The topological polar surface area (TPSA) is 20.3 Å². The van der Waals surface area contributed by atoms with Gasteiger partial charge in [-0.2, -0.15) is 0 Å². The number of benzene rings is 1. The smallest absolute Gasteiger partial charge is 0.227 e. The maximum Gasteiger partial charge on any atom is 0.227 e. The van der Waals surface area contributed by atoms with Gasteiger partial charge in [-0.05, 0) is 43.9 Å². The van der Waals surface area contributed by atoms with E-state index in [4.69, 9.17) is 0 Å². The van der Waals surface area contributed by atoms with E-state index in [2.05, 4.69) is 0 Å². The first kappa shape index (κ1) is 15.7. The van der Waals surface area contributed by atoms with Gasteiger partial charge in [0.05, 0.1) is 5.69 Å². The van der Waals surface area contributed by atoms with Crippen molar-refractivity contribution < 1.29 is 9.18 Å². The van der Waals surface area contributed by atoms with Crippen molar-refractivity contribution in [1.29, 1.82) is 0 Å². The molecule has 0 aliphatic rings. The number of aryl methyl sites for hydroxylation is 1. The molecule has 3 heteroatoms. The second-order valence-corrected chi connectivity index (χ2v) is 4.94. The van der Waals surface area contributed by atoms with Crippen LogP contribution in [0.4, 0.5) is 10.1 Å². The molecule has 0 bridgehead atoms. The molecule has 1 aromatic rings. The van der Waals surface area contributed by atoms with Crippen LogP contribution in [-0.2, 0) is 4.79 Å². The first-order valence-electron chi connectivity index (χ1n) is 7.13. The summed E-state index contributed by atoms with van der Waals surface area (Å²) < 4.78 is 14.1. The van der Waals surface area contributed by atoms with Crippen LogP contribution < -0.4 is 4.90 Å². The third-order valence-corrected chi connectivity index (χ3v) is 3.40. The summed E-state index contributed by atoms with van der Waals surface area (Å²) >= 11 is 0. The van der Waals surface area contributed by atoms with Crippen LogP contribution >= 0.6 is 0 Å². The van der Waals surface area contributed by atoms with Crippen LogP contribution in [0.2, 0.25) is 0 Å². The van der Waals surface area contributed by atoms with Gasteiger partial charge in [-0.1, -0.05) is 26.8 Å². The fourth-order valence-electron chi connectivity index (χ4n) is 2.33. The Kier molecular flexibility index (Phi) is 6.00. The highest BCUT2D eigenvalue weighted by Gasteiger charge is 2.24. The Hall–Kier alpha value is -1.38. The van der Waals surface area contributed by atoms with Crippen LogP contribution in [0.3, 0.4) is 0 Å². The van der Waals surface area contributed by atoms with Crippen LogP contribution in [0.15, 0.2) is 18.2 Å². The SMILES string of the molecule is CCCC(=O)N(c1cc(C)ccc1F)C(CC)CC. The lowest BCUT2D eigenvalue weighted by molar-refractivity contribution is -0.119. The molecule has 0 aliphatic carbocycles. The number of carbonyl (C=O) groups is 1. The van der Waals surface area contributed by atoms with Crippen LogP contribution in [-0.4, -0.2) is 11.9 Å². The number of rotatable bonds is 6. The molecule has 1 rings (SSSR count). The van der Waals surface area contributed by atoms with E-state index in [0.29, 0.717) is 12.1 Å². The molecule has 0 saturated carbocycles. The molecule has 0 aliphatic heterocycles. The summed E-state index contributed by atoms with van der Waals surface area (Å²) in [6.07, 6.45) is 2.91. The van der Waals surface area contributed by atoms with Gasteiger partial charge in [0.15, 0.2) is 0 Å². The Labute approximate surface area is 115 Å². The summed E-state index contributed by atoms with van der Waals surface area (Å²) in [5, 5.41) is 0. The number of hydrogen-bond acceptors (Lipinski definition) is 1. The van der Waals surface area contributed by atoms with Gasteiger partial charge >= 0.3 is 0 Å². The molecule has 0 heterocycles. The highest BCUT2D eigenvalue weighted by molar-refractivity contribution is 5.94. The van der Waals surface area contributed by atoms with Crippen molar-refractivity contribution in [3.05, 3.63) is 29.6 Å². The lowest BCUT2D eigenvalue weighted by Gasteiger charge is -2.31. The molecule has 1 amide bonds. The average molecular weight is 265 g/mol. The number of hydrogen-bond donors (Lipinski definition) is 0. The largest absolute Gasteiger partial charge is 0.307 e. The molecule has 0 aromatic heterocycles. The van der Waals surface area contributed by atoms with Gasteiger partial charge in [-0.25, -0.2) is 4.39 Å². The van der Waals surface area contributed by atoms with Crippen molar-refractivity contribution in [1.82, 2.24) is 0 Å². The standard InChI is InChI=1S/C16H24FNO/c1-5-8-16(19)18(13(6-2)7-3)15-11-12(4)9-10-14(15)17/h9-11,13H,5-8H2,1-4H3. The summed E-state index contributed by atoms with van der Waals surface area (Å²) in [5.74, 6) is -0.303. The first-order valence-corrected chi connectivity index (χ1v) is 7.13. The lowest BCUT2D eigenvalue weighted by Crippen LogP contribution is -2.40. The average Bonchev–Trinajstić information content (AvgIpc) is 2.39. The summed E-state index contributed by atoms with van der Waals surface area (Å²) in [4.78, 5) is 14.0. The van der Waals surface area contributed by atoms with Crippen molar-refractivity contribution in [3.8, 4) is 0 Å². The highest BCUT2D eigenvalue weighted by Crippen LogP contribution is 2.26. The predicted molar refractivity (Wildman–Crippen MR) is 77.9 cm³/mol. The normalized spacial score (nSPS) is 10.8. The Morgan fingerprint density at radius 3 is 2.42 bits per heavy atom. The fourth-order valence-corrected chi connectivity index (χ4v) is 2.33. The van der Waals surface area contributed by atoms with Gasteiger partial charge in [0, 0.05) is 12.5 Å². The minimum absolute atomic E-state index is 0.0145. The molecule has 19 heavy (non-hydrogen) atoms. The van der Waals surface area contributed by atoms with Gasteiger partial charge in [-0.15, -0.1) is 0 Å². The zero-order valence-corrected chi connectivity index (χ0v) is 12.4. The molecule has 0 N–H and O–H groups in total. The van der Waals surface area contributed by atoms with Gasteiger partial charge < -0.3 is 4.90 Å². The maximum absolute atomic E-state index is 14.1. The Morgan fingerprint density at radius 2 is 1.89 bits per heavy atom. The molecule has 0 saturated heterocycles. The van der Waals surface area contributed by atoms with E-state index < -0.39 is 0 Å². The van der Waals surface area contributed by atoms with Gasteiger partial charge in [-0.3, -0.25) is 4.79 Å². The number of nitrogens with zero attached hydrogens (tertiary/aromatic N) is 1. The predicted octanol–water partition coefficient (Wildman–Crippen LogP) is 4.46. The van der Waals surface area contributed by atoms with Crippen molar-refractivity contribution in [3.63, 3.8) is 0 Å². The van der Waals surface area contributed by atoms with E-state index in [1.165, 1.54) is 6.07 Å². The van der Waals surface area contributed by atoms with Crippen molar-refractivity contribution >= 4 is 11.6 Å². The summed E-state index contributed by atoms with van der Waals surface area (Å²) in [6, 6.07) is 5.00. The number of carbonyl (C=O) groups excluding carboxylic acids is 1. The van der Waals surface area contributed by atoms with Crippen molar-refractivity contribution in [2.75, 3.05) is 4.90 Å². The zero-order chi connectivity index (χ0) is 14.4. The highest BCUT2D eigenvalue weighted by atomic mass is 19.1. The quantitative estimate of drug-likeness (QED) is 0.744. The molecule has 106 valence electrons. The fraction of sp³-hybridized carbons (Fsp3) is 0.562. The monoisotopic (exact) mass is 265 g/mol. The minimum atomic E-state index is -0.318. The van der Waals surface area contributed by atoms with Crippen LogP contribution in [0.25, 0.3) is 0 Å². The summed E-state index contributed by atoms with van der Waals surface area (Å²) in [7, 11) is 0. The number of halogens is 1. The van der Waals surface area contributed by atoms with E-state index in [9.17, 15) is 9.18 Å². The Morgan fingerprint density at radius 1 is 1.26 bits per heavy atom. The first-order chi connectivity index (χ1) is 9.04. The number of anilines is 1. The molecular weight excluding hydrogens is 241 g/mol. The van der Waals surface area contributed by atoms with Crippen LogP contribution in [0.5, 0.6) is 0 Å². The Balaban J connectivity index is 3.21. The lowest BCUT2D eigenvalue weighted by atomic mass is 10.1.